The summed E-state index contributed by atoms with van der Waals surface area (Å²) in [6, 6.07) is 155. The van der Waals surface area contributed by atoms with Crippen molar-refractivity contribution in [2.45, 2.75) is 0 Å². The molecule has 0 radical (unpaired) electrons. The zero-order valence-electron chi connectivity index (χ0n) is 74.9. The van der Waals surface area contributed by atoms with Gasteiger partial charge >= 0.3 is 0 Å². The van der Waals surface area contributed by atoms with Crippen LogP contribution in [0.1, 0.15) is 0 Å². The average molecular weight is 1800 g/mol. The Morgan fingerprint density at radius 2 is 0.364 bits per heavy atom. The molecule has 0 fully saturated rings. The molecule has 16 nitrogen and oxygen atoms in total. The van der Waals surface area contributed by atoms with Crippen molar-refractivity contribution in [1.82, 2.24) is 59.8 Å². The van der Waals surface area contributed by atoms with Gasteiger partial charge in [-0.05, 0) is 134 Å². The molecule has 656 valence electrons. The van der Waals surface area contributed by atoms with Gasteiger partial charge < -0.3 is 17.7 Å². The lowest BCUT2D eigenvalue weighted by atomic mass is 10.0. The number of hydrogen-bond donors (Lipinski definition) is 0. The molecule has 8 aromatic heterocycles. The largest absolute Gasteiger partial charge is 0.456 e. The predicted octanol–water partition coefficient (Wildman–Crippen LogP) is 31.7. The predicted molar refractivity (Wildman–Crippen MR) is 564 cm³/mol. The van der Waals surface area contributed by atoms with E-state index in [-0.39, 0.29) is 0 Å². The molecule has 20 aromatic carbocycles. The van der Waals surface area contributed by atoms with Crippen molar-refractivity contribution in [3.05, 3.63) is 461 Å². The highest BCUT2D eigenvalue weighted by atomic mass is 16.3. The van der Waals surface area contributed by atoms with Gasteiger partial charge in [0.05, 0.1) is 5.56 Å². The maximum absolute atomic E-state index is 6.44. The van der Waals surface area contributed by atoms with E-state index in [1.54, 1.807) is 0 Å². The van der Waals surface area contributed by atoms with Gasteiger partial charge in [0.1, 0.15) is 44.7 Å². The van der Waals surface area contributed by atoms with Crippen LogP contribution < -0.4 is 0 Å². The van der Waals surface area contributed by atoms with Crippen molar-refractivity contribution in [1.29, 1.82) is 0 Å². The Kier molecular flexibility index (Phi) is 21.2. The third-order valence-electron chi connectivity index (χ3n) is 25.2. The van der Waals surface area contributed by atoms with Gasteiger partial charge in [0.2, 0.25) is 0 Å². The van der Waals surface area contributed by atoms with Crippen LogP contribution in [0.4, 0.5) is 0 Å². The molecule has 140 heavy (non-hydrogen) atoms. The molecule has 8 heterocycles. The Morgan fingerprint density at radius 3 is 0.736 bits per heavy atom. The summed E-state index contributed by atoms with van der Waals surface area (Å²) in [6.07, 6.45) is 0. The average Bonchev–Trinajstić information content (AvgIpc) is 1.60. The lowest BCUT2D eigenvalue weighted by molar-refractivity contribution is 0.669. The van der Waals surface area contributed by atoms with Crippen LogP contribution in [0.25, 0.3) is 267 Å². The minimum absolute atomic E-state index is 0.590. The maximum Gasteiger partial charge on any atom is 0.167 e. The molecule has 0 amide bonds. The van der Waals surface area contributed by atoms with E-state index in [0.717, 1.165) is 176 Å². The molecule has 0 saturated heterocycles. The van der Waals surface area contributed by atoms with Crippen molar-refractivity contribution in [2.24, 2.45) is 0 Å². The molecule has 16 heteroatoms. The van der Waals surface area contributed by atoms with Gasteiger partial charge in [0.25, 0.3) is 0 Å². The Hall–Kier alpha value is -19.3. The monoisotopic (exact) mass is 1800 g/mol. The van der Waals surface area contributed by atoms with E-state index < -0.39 is 0 Å². The minimum Gasteiger partial charge on any atom is -0.456 e. The Balaban J connectivity index is 0.0000000985. The molecule has 0 bridgehead atoms. The van der Waals surface area contributed by atoms with Crippen molar-refractivity contribution in [3.8, 4) is 137 Å². The third kappa shape index (κ3) is 16.2. The highest BCUT2D eigenvalue weighted by Crippen LogP contribution is 2.44. The first-order valence-corrected chi connectivity index (χ1v) is 46.2. The van der Waals surface area contributed by atoms with Crippen molar-refractivity contribution in [2.75, 3.05) is 0 Å². The molecule has 0 saturated carbocycles. The lowest BCUT2D eigenvalue weighted by Crippen LogP contribution is -2.00. The van der Waals surface area contributed by atoms with E-state index in [4.69, 9.17) is 77.5 Å². The lowest BCUT2D eigenvalue weighted by Gasteiger charge is -2.09. The fraction of sp³-hybridized carbons (Fsp3) is 0. The molecule has 0 aliphatic rings. The highest BCUT2D eigenvalue weighted by molar-refractivity contribution is 6.17. The standard InChI is InChI=1S/4C31H19N3O/c1-3-10-20(11-4-1)29-32-30(21-12-5-2-6-13-21)34-31(33-29)24-16-9-17-26-28(24)25-18-22-14-7-8-15-23(22)19-27(25)35-26;1-3-10-20(11-4-1)29-32-30(21-12-5-2-6-13-21)34-31(33-29)25-17-9-16-24-26-18-22-14-7-8-15-23(22)19-27(26)35-28(24)25;1-3-9-20(10-4-1)29-32-30(21-11-5-2-6-12-21)34-31(33-29)24-15-16-27-25(18-24)26-17-22-13-7-8-14-23(22)19-28(26)35-27;1-3-9-20(10-4-1)29-32-30(21-11-5-2-6-12-21)34-31(33-29)24-15-16-25-26-17-22-13-7-8-14-23(22)18-28(26)35-27(25)19-24/h4*1-19H. The molecule has 0 aliphatic heterocycles. The van der Waals surface area contributed by atoms with E-state index in [9.17, 15) is 0 Å². The van der Waals surface area contributed by atoms with Gasteiger partial charge in [0.15, 0.2) is 69.9 Å². The van der Waals surface area contributed by atoms with Gasteiger partial charge in [-0.15, -0.1) is 0 Å². The van der Waals surface area contributed by atoms with E-state index in [2.05, 4.69) is 152 Å². The summed E-state index contributed by atoms with van der Waals surface area (Å²) in [6.45, 7) is 0. The zero-order chi connectivity index (χ0) is 92.8. The topological polar surface area (TPSA) is 207 Å². The third-order valence-corrected chi connectivity index (χ3v) is 25.2. The van der Waals surface area contributed by atoms with Crippen molar-refractivity contribution >= 4 is 131 Å². The fourth-order valence-electron chi connectivity index (χ4n) is 18.3. The van der Waals surface area contributed by atoms with Gasteiger partial charge in [-0.3, -0.25) is 0 Å². The molecule has 0 unspecified atom stereocenters. The van der Waals surface area contributed by atoms with Crippen molar-refractivity contribution in [3.63, 3.8) is 0 Å². The molecule has 28 rings (SSSR count). The number of aromatic nitrogens is 12. The van der Waals surface area contributed by atoms with Gasteiger partial charge in [-0.2, -0.15) is 0 Å². The summed E-state index contributed by atoms with van der Waals surface area (Å²) in [5, 5.41) is 17.9. The number of nitrogens with zero attached hydrogens (tertiary/aromatic N) is 12. The second-order valence-electron chi connectivity index (χ2n) is 34.1. The molecular formula is C124H76N12O4. The molecule has 0 N–H and O–H groups in total. The van der Waals surface area contributed by atoms with Gasteiger partial charge in [0, 0.05) is 104 Å². The van der Waals surface area contributed by atoms with Crippen LogP contribution in [0.15, 0.2) is 479 Å². The number of para-hydroxylation sites is 1. The summed E-state index contributed by atoms with van der Waals surface area (Å²) in [4.78, 5) is 58.3. The summed E-state index contributed by atoms with van der Waals surface area (Å²) >= 11 is 0. The van der Waals surface area contributed by atoms with E-state index in [1.807, 2.05) is 309 Å². The van der Waals surface area contributed by atoms with E-state index in [1.165, 1.54) is 21.5 Å². The summed E-state index contributed by atoms with van der Waals surface area (Å²) in [7, 11) is 0. The van der Waals surface area contributed by atoms with Crippen LogP contribution in [-0.4, -0.2) is 59.8 Å². The smallest absolute Gasteiger partial charge is 0.167 e. The quantitative estimate of drug-likeness (QED) is 0.111. The summed E-state index contributed by atoms with van der Waals surface area (Å²) in [5.74, 6) is 7.60. The summed E-state index contributed by atoms with van der Waals surface area (Å²) < 4.78 is 25.2. The first-order valence-electron chi connectivity index (χ1n) is 46.2. The fourth-order valence-corrected chi connectivity index (χ4v) is 18.3. The molecular weight excluding hydrogens is 1720 g/mol. The second kappa shape index (κ2) is 35.9. The van der Waals surface area contributed by atoms with Crippen molar-refractivity contribution < 1.29 is 17.7 Å². The van der Waals surface area contributed by atoms with E-state index >= 15 is 0 Å². The first kappa shape index (κ1) is 82.6. The number of furan rings is 4. The first-order chi connectivity index (χ1) is 69.3. The van der Waals surface area contributed by atoms with Crippen LogP contribution in [-0.2, 0) is 0 Å². The van der Waals surface area contributed by atoms with Crippen LogP contribution >= 0.6 is 0 Å². The Morgan fingerprint density at radius 1 is 0.121 bits per heavy atom. The molecule has 0 spiro atoms. The highest BCUT2D eigenvalue weighted by Gasteiger charge is 2.24. The van der Waals surface area contributed by atoms with Gasteiger partial charge in [-0.25, -0.2) is 59.8 Å². The zero-order valence-corrected chi connectivity index (χ0v) is 74.9. The number of fused-ring (bicyclic) bond motifs is 16. The number of benzene rings is 20. The SMILES string of the molecule is c1ccc(-c2nc(-c3ccccc3)nc(-c3ccc4c(c3)oc3cc5ccccc5cc34)n2)cc1.c1ccc(-c2nc(-c3ccccc3)nc(-c3ccc4oc5cc6ccccc6cc5c4c3)n2)cc1.c1ccc(-c2nc(-c3ccccc3)nc(-c3cccc4c3oc3cc5ccccc5cc34)n2)cc1.c1ccc(-c2nc(-c3ccccc3)nc(-c3cccc4oc5cc6ccccc6cc5c34)n2)cc1. The van der Waals surface area contributed by atoms with E-state index in [0.29, 0.717) is 69.9 Å². The summed E-state index contributed by atoms with van der Waals surface area (Å²) in [5.41, 5.74) is 17.9. The molecule has 0 aliphatic carbocycles. The number of rotatable bonds is 12. The minimum atomic E-state index is 0.590. The second-order valence-corrected chi connectivity index (χ2v) is 34.1. The molecule has 0 atom stereocenters. The van der Waals surface area contributed by atoms with Crippen LogP contribution in [0, 0.1) is 0 Å². The van der Waals surface area contributed by atoms with Crippen LogP contribution in [0.3, 0.4) is 0 Å². The molecule has 28 aromatic rings. The normalized spacial score (nSPS) is 11.4. The number of hydrogen-bond acceptors (Lipinski definition) is 16. The Bertz CT molecular complexity index is 9280. The Labute approximate surface area is 800 Å². The van der Waals surface area contributed by atoms with Crippen LogP contribution in [0.2, 0.25) is 0 Å². The van der Waals surface area contributed by atoms with Gasteiger partial charge in [-0.1, -0.05) is 370 Å². The van der Waals surface area contributed by atoms with Crippen LogP contribution in [0.5, 0.6) is 0 Å². The maximum atomic E-state index is 6.44.